The molecule has 14 atom stereocenters. The van der Waals surface area contributed by atoms with E-state index >= 15 is 0 Å². The van der Waals surface area contributed by atoms with Crippen LogP contribution < -0.4 is 4.89 Å². The van der Waals surface area contributed by atoms with Gasteiger partial charge >= 0.3 is 20.2 Å². The summed E-state index contributed by atoms with van der Waals surface area (Å²) >= 11 is 0. The quantitative estimate of drug-likeness (QED) is 0.00625. The molecule has 14 unspecified atom stereocenters. The van der Waals surface area contributed by atoms with Crippen LogP contribution in [0.1, 0.15) is 358 Å². The van der Waals surface area contributed by atoms with E-state index in [2.05, 4.69) is 248 Å². The minimum atomic E-state index is -3.04. The molecule has 0 aromatic carbocycles. The SMILES string of the molecule is CC(/C=C/C1C(C)CCCC1(C)C)=C\C#N.CC(/C=C/C1C(C)CCCC1(C)C)=C\C=O.CC(/C=C/C=C(C)/C=C/C1C(C)CCCC1(C)C)=C\C#N.CC(/C=C/C=C(C)/C=C/C1C(C)CCCC1(C)C)=C\C=O.CC(=O)O/C=C\C(C)CCC=C(C)C.CC(C)=CCCC(C)CC=O.CC1CCCC(C)(C)C1C=O.CCOC(=O)C(C#N)=C(C)C.CCOP(C)(=O)C/C(C)=C/C#N.O=[P+]([O-])OO.[HH]. The molecule has 0 radical (unpaired) electrons. The van der Waals surface area contributed by atoms with Gasteiger partial charge in [0, 0.05) is 56.4 Å². The van der Waals surface area contributed by atoms with Crippen molar-refractivity contribution >= 4 is 52.7 Å². The molecule has 5 rings (SSSR count). The molecule has 0 amide bonds. The van der Waals surface area contributed by atoms with Crippen molar-refractivity contribution in [3.05, 3.63) is 201 Å². The van der Waals surface area contributed by atoms with E-state index in [1.54, 1.807) is 71.7 Å². The summed E-state index contributed by atoms with van der Waals surface area (Å²) in [6.45, 7) is 72.2. The van der Waals surface area contributed by atoms with Crippen molar-refractivity contribution in [2.24, 2.45) is 98.1 Å². The highest BCUT2D eigenvalue weighted by atomic mass is 31.2. The van der Waals surface area contributed by atoms with Gasteiger partial charge in [-0.2, -0.15) is 21.0 Å². The Bertz CT molecular complexity index is 4380. The van der Waals surface area contributed by atoms with Gasteiger partial charge in [0.2, 0.25) is 7.37 Å². The minimum absolute atomic E-state index is 0. The zero-order chi connectivity index (χ0) is 107. The van der Waals surface area contributed by atoms with Crippen LogP contribution in [0.15, 0.2) is 201 Å². The average molecular weight is 1950 g/mol. The number of rotatable bonds is 32. The highest BCUT2D eigenvalue weighted by Crippen LogP contribution is 2.49. The lowest BCUT2D eigenvalue weighted by molar-refractivity contribution is -0.244. The summed E-state index contributed by atoms with van der Waals surface area (Å²) in [4.78, 5) is 71.9. The Morgan fingerprint density at radius 3 is 1.11 bits per heavy atom. The Balaban J connectivity index is -0.000000359. The molecule has 0 spiro atoms. The third kappa shape index (κ3) is 70.0. The Hall–Kier alpha value is -8.67. The van der Waals surface area contributed by atoms with Gasteiger partial charge in [-0.3, -0.25) is 18.9 Å². The van der Waals surface area contributed by atoms with E-state index in [1.165, 1.54) is 138 Å². The monoisotopic (exact) mass is 1950 g/mol. The van der Waals surface area contributed by atoms with Crippen molar-refractivity contribution in [3.8, 4) is 24.3 Å². The Morgan fingerprint density at radius 2 is 0.826 bits per heavy atom. The Kier molecular flexibility index (Phi) is 77.9. The molecule has 0 bridgehead atoms. The van der Waals surface area contributed by atoms with Crippen LogP contribution in [0.4, 0.5) is 0 Å². The van der Waals surface area contributed by atoms with Gasteiger partial charge in [-0.15, -0.1) is 0 Å². The summed E-state index contributed by atoms with van der Waals surface area (Å²) in [6, 6.07) is 7.80. The van der Waals surface area contributed by atoms with E-state index in [0.717, 1.165) is 102 Å². The smallest absolute Gasteiger partial charge is 0.521 e. The van der Waals surface area contributed by atoms with Crippen LogP contribution in [-0.2, 0) is 56.6 Å². The number of carbonyl (C=O) groups excluding carboxylic acids is 6. The molecular weight excluding hydrogens is 1760 g/mol. The lowest BCUT2D eigenvalue weighted by atomic mass is 9.64. The predicted octanol–water partition coefficient (Wildman–Crippen LogP) is 32.9. The summed E-state index contributed by atoms with van der Waals surface area (Å²) in [5.74, 6) is 6.74. The van der Waals surface area contributed by atoms with Crippen molar-refractivity contribution in [1.82, 2.24) is 0 Å². The summed E-state index contributed by atoms with van der Waals surface area (Å²) < 4.78 is 37.6. The normalized spacial score (nSPS) is 23.1. The number of carbonyl (C=O) groups is 6. The maximum Gasteiger partial charge on any atom is 0.521 e. The highest BCUT2D eigenvalue weighted by molar-refractivity contribution is 7.58. The van der Waals surface area contributed by atoms with Crippen LogP contribution in [0.25, 0.3) is 0 Å². The standard InChI is InChI=1S/C20H29N.C20H30O.C15H23N.C15H24O.C12H20O2.2C10H18O.C8H14NO2P.C8H11NO2.HO4P.H2/c2*1-16(8-6-9-17(2)13-15-21)11-12-19-18(3)10-7-14-20(19,4)5;2*1-12(9-11-16)7-8-14-13(2)6-5-10-15(14,3)4;1-10(2)6-5-7-11(3)8-9-14-12(4)13;1-8-5-4-6-10(2,3)9(8)7-11;1-9(2)5-4-6-10(3)7-8-11;1-4-11-12(3,10)7-8(2)5-6-9;1-4-11-8(10)7(5-9)6(2)3;1-4-5(2)3;/h6,8-9,11-13,18-19H,7,10,14H2,1-5H3;6,8-9,11-13,15,18-19H,7,10,14H2,1-5H3;7-9,13-14H,5-6,10H2,1-4H3;7-9,11,13-14H,5-6,10H2,1-4H3;6,8-9,11H,5,7H2,1-4H3;7-9H,4-6H2,1-3H3;5,8,10H,4,6-7H2,1-3H3;5H,4,7H2,1-3H3;4H2,1-3H3;1H;1H/b2*9-6+,12-11+,16-8+,17-13+;2*8-7+,12-9+;9-8-;;;8-5+;;;. The second-order valence-corrected chi connectivity index (χ2v) is 45.7. The zero-order valence-corrected chi connectivity index (χ0v) is 94.0. The summed E-state index contributed by atoms with van der Waals surface area (Å²) in [5, 5.41) is 41.0. The van der Waals surface area contributed by atoms with Gasteiger partial charge in [-0.1, -0.05) is 306 Å². The maximum absolute atomic E-state index is 11.5. The lowest BCUT2D eigenvalue weighted by Crippen LogP contribution is -2.34. The Labute approximate surface area is 843 Å². The summed E-state index contributed by atoms with van der Waals surface area (Å²) in [7, 11) is -5.54. The van der Waals surface area contributed by atoms with Crippen molar-refractivity contribution in [3.63, 3.8) is 0 Å². The number of ether oxygens (including phenoxy) is 2. The number of hydrogen-bond acceptors (Lipinski definition) is 18. The van der Waals surface area contributed by atoms with Crippen molar-refractivity contribution in [2.45, 2.75) is 357 Å². The fourth-order valence-electron chi connectivity index (χ4n) is 18.0. The summed E-state index contributed by atoms with van der Waals surface area (Å²) in [5.41, 5.74) is 12.7. The number of aldehydes is 4. The largest absolute Gasteiger partial charge is 0.565 e. The van der Waals surface area contributed by atoms with Crippen molar-refractivity contribution in [1.29, 1.82) is 21.0 Å². The van der Waals surface area contributed by atoms with E-state index < -0.39 is 21.6 Å². The molecule has 0 saturated heterocycles. The molecule has 20 heteroatoms. The first kappa shape index (κ1) is 138. The van der Waals surface area contributed by atoms with Crippen LogP contribution in [0, 0.1) is 143 Å². The number of esters is 2. The van der Waals surface area contributed by atoms with Crippen LogP contribution in [0.5, 0.6) is 0 Å². The lowest BCUT2D eigenvalue weighted by Gasteiger charge is -2.41. The molecule has 5 aliphatic carbocycles. The molecule has 0 aromatic rings. The predicted molar refractivity (Wildman–Crippen MR) is 579 cm³/mol. The second-order valence-electron chi connectivity index (χ2n) is 42.5. The van der Waals surface area contributed by atoms with Crippen LogP contribution in [0.2, 0.25) is 0 Å². The van der Waals surface area contributed by atoms with Gasteiger partial charge in [0.15, 0.2) is 0 Å². The second kappa shape index (κ2) is 78.0. The Morgan fingerprint density at radius 1 is 0.500 bits per heavy atom. The van der Waals surface area contributed by atoms with Crippen LogP contribution >= 0.6 is 15.6 Å². The first-order chi connectivity index (χ1) is 64.3. The first-order valence-electron chi connectivity index (χ1n) is 50.1. The van der Waals surface area contributed by atoms with Gasteiger partial charge < -0.3 is 28.5 Å². The average Bonchev–Trinajstić information content (AvgIpc) is 0.836. The van der Waals surface area contributed by atoms with Crippen molar-refractivity contribution in [2.75, 3.05) is 26.0 Å². The molecule has 5 aliphatic rings. The van der Waals surface area contributed by atoms with E-state index in [-0.39, 0.29) is 24.3 Å². The number of allylic oxidation sites excluding steroid dienone is 32. The van der Waals surface area contributed by atoms with Gasteiger partial charge in [0.05, 0.1) is 37.7 Å². The summed E-state index contributed by atoms with van der Waals surface area (Å²) in [6.07, 6.45) is 75.0. The van der Waals surface area contributed by atoms with Gasteiger partial charge in [-0.25, -0.2) is 10.1 Å². The van der Waals surface area contributed by atoms with Crippen LogP contribution in [-0.4, -0.2) is 68.4 Å². The fourth-order valence-corrected chi connectivity index (χ4v) is 19.6. The third-order valence-corrected chi connectivity index (χ3v) is 28.0. The molecule has 776 valence electrons. The highest BCUT2D eigenvalue weighted by Gasteiger charge is 2.39. The van der Waals surface area contributed by atoms with Crippen molar-refractivity contribution < 1.29 is 68.1 Å². The molecule has 18 nitrogen and oxygen atoms in total. The number of nitriles is 4. The van der Waals surface area contributed by atoms with E-state index in [1.807, 2.05) is 70.2 Å². The molecule has 138 heavy (non-hydrogen) atoms. The van der Waals surface area contributed by atoms with Crippen LogP contribution in [0.3, 0.4) is 0 Å². The van der Waals surface area contributed by atoms with E-state index in [9.17, 15) is 33.3 Å². The molecule has 0 aliphatic heterocycles. The first-order valence-corrected chi connectivity index (χ1v) is 53.5. The van der Waals surface area contributed by atoms with E-state index in [0.29, 0.717) is 94.5 Å². The van der Waals surface area contributed by atoms with Gasteiger partial charge in [0.1, 0.15) is 36.8 Å². The molecule has 0 heterocycles. The molecule has 0 aromatic heterocycles. The molecular formula is C118H190N4O14P2. The van der Waals surface area contributed by atoms with Gasteiger partial charge in [-0.05, 0) is 305 Å². The zero-order valence-electron chi connectivity index (χ0n) is 92.2. The molecule has 5 fully saturated rings. The fraction of sp³-hybridized carbons (Fsp3) is 0.627. The molecule has 1 N–H and O–H groups in total. The third-order valence-electron chi connectivity index (χ3n) is 26.0. The number of nitrogens with zero attached hydrogens (tertiary/aromatic N) is 4. The molecule has 5 saturated carbocycles. The maximum atomic E-state index is 11.5. The van der Waals surface area contributed by atoms with E-state index in [4.69, 9.17) is 45.0 Å². The topological polar surface area (TPSA) is 312 Å². The number of hydrogen-bond donors (Lipinski definition) is 1. The van der Waals surface area contributed by atoms with Gasteiger partial charge in [0.25, 0.3) is 0 Å². The minimum Gasteiger partial charge on any atom is -0.565 e.